The molecule has 0 fully saturated rings. The van der Waals surface area contributed by atoms with Gasteiger partial charge in [-0.3, -0.25) is 9.36 Å². The maximum atomic E-state index is 12.8. The zero-order chi connectivity index (χ0) is 28.0. The molecule has 4 rings (SSSR count). The van der Waals surface area contributed by atoms with Crippen LogP contribution >= 0.6 is 19.2 Å². The van der Waals surface area contributed by atoms with Gasteiger partial charge in [-0.05, 0) is 54.8 Å². The molecule has 0 aliphatic heterocycles. The van der Waals surface area contributed by atoms with Crippen molar-refractivity contribution in [3.63, 3.8) is 0 Å². The van der Waals surface area contributed by atoms with Crippen molar-refractivity contribution < 1.29 is 28.3 Å². The van der Waals surface area contributed by atoms with Crippen molar-refractivity contribution in [2.24, 2.45) is 0 Å². The van der Waals surface area contributed by atoms with Gasteiger partial charge in [-0.15, -0.1) is 0 Å². The van der Waals surface area contributed by atoms with Gasteiger partial charge in [-0.2, -0.15) is 4.98 Å². The summed E-state index contributed by atoms with van der Waals surface area (Å²) in [5, 5.41) is 2.17. The highest BCUT2D eigenvalue weighted by Crippen LogP contribution is 2.60. The second-order valence-corrected chi connectivity index (χ2v) is 11.5. The van der Waals surface area contributed by atoms with E-state index in [0.717, 1.165) is 5.56 Å². The van der Waals surface area contributed by atoms with E-state index < -0.39 is 12.8 Å². The second-order valence-electron chi connectivity index (χ2n) is 9.08. The van der Waals surface area contributed by atoms with Crippen molar-refractivity contribution in [3.05, 3.63) is 95.2 Å². The molecule has 0 spiro atoms. The molecule has 10 heteroatoms. The van der Waals surface area contributed by atoms with E-state index in [1.165, 1.54) is 0 Å². The lowest BCUT2D eigenvalue weighted by Gasteiger charge is -2.33. The summed E-state index contributed by atoms with van der Waals surface area (Å²) in [4.78, 5) is 37.3. The minimum atomic E-state index is -4.39. The summed E-state index contributed by atoms with van der Waals surface area (Å²) in [5.74, 6) is 0.813. The first kappa shape index (κ1) is 28.6. The van der Waals surface area contributed by atoms with Crippen molar-refractivity contribution in [1.29, 1.82) is 0 Å². The van der Waals surface area contributed by atoms with E-state index in [1.807, 2.05) is 30.3 Å². The Labute approximate surface area is 232 Å². The monoisotopic (exact) mass is 568 g/mol. The van der Waals surface area contributed by atoms with Crippen molar-refractivity contribution in [2.75, 3.05) is 5.32 Å². The van der Waals surface area contributed by atoms with Gasteiger partial charge in [-0.1, -0.05) is 67.9 Å². The fourth-order valence-electron chi connectivity index (χ4n) is 4.52. The molecule has 0 aliphatic rings. The molecule has 0 aliphatic carbocycles. The molecule has 8 nitrogen and oxygen atoms in total. The molecule has 0 atom stereocenters. The van der Waals surface area contributed by atoms with E-state index in [2.05, 4.69) is 10.3 Å². The van der Waals surface area contributed by atoms with Gasteiger partial charge in [0.05, 0.1) is 5.16 Å². The molecule has 0 saturated heterocycles. The third-order valence-corrected chi connectivity index (χ3v) is 9.01. The van der Waals surface area contributed by atoms with Gasteiger partial charge in [-0.25, -0.2) is 0 Å². The summed E-state index contributed by atoms with van der Waals surface area (Å²) in [6.45, 7) is 3.52. The molecule has 4 aromatic rings. The van der Waals surface area contributed by atoms with Crippen LogP contribution in [0.3, 0.4) is 0 Å². The topological polar surface area (TPSA) is 122 Å². The number of hydrogen-bond acceptors (Lipinski definition) is 5. The molecule has 1 amide bonds. The number of carbonyl (C=O) groups is 1. The number of amides is 1. The highest BCUT2D eigenvalue weighted by Gasteiger charge is 2.45. The highest BCUT2D eigenvalue weighted by molar-refractivity contribution is 7.53. The van der Waals surface area contributed by atoms with Crippen LogP contribution in [0, 0.1) is 0 Å². The average molecular weight is 569 g/mol. The number of hydrogen-bond donors (Lipinski definition) is 3. The van der Waals surface area contributed by atoms with Crippen LogP contribution < -0.4 is 10.1 Å². The zero-order valence-corrected chi connectivity index (χ0v) is 23.3. The van der Waals surface area contributed by atoms with E-state index in [1.54, 1.807) is 62.4 Å². The number of halogens is 1. The number of ether oxygens (including phenoxy) is 1. The Hall–Kier alpha value is -3.42. The van der Waals surface area contributed by atoms with Crippen LogP contribution in [0.15, 0.2) is 83.3 Å². The van der Waals surface area contributed by atoms with Gasteiger partial charge in [0.15, 0.2) is 0 Å². The lowest BCUT2D eigenvalue weighted by atomic mass is 9.92. The lowest BCUT2D eigenvalue weighted by molar-refractivity contribution is -0.116. The molecule has 3 aromatic carbocycles. The van der Waals surface area contributed by atoms with Gasteiger partial charge >= 0.3 is 13.7 Å². The maximum absolute atomic E-state index is 12.8. The summed E-state index contributed by atoms with van der Waals surface area (Å²) in [7, 11) is -4.39. The van der Waals surface area contributed by atoms with Crippen molar-refractivity contribution in [1.82, 2.24) is 4.98 Å². The van der Waals surface area contributed by atoms with E-state index in [4.69, 9.17) is 20.8 Å². The molecule has 1 aromatic heterocycles. The first-order valence-corrected chi connectivity index (χ1v) is 14.6. The Morgan fingerprint density at radius 3 is 2.23 bits per heavy atom. The zero-order valence-electron chi connectivity index (χ0n) is 21.6. The smallest absolute Gasteiger partial charge is 0.399 e. The minimum absolute atomic E-state index is 0.0672. The number of benzene rings is 3. The lowest BCUT2D eigenvalue weighted by Crippen LogP contribution is -2.24. The van der Waals surface area contributed by atoms with Gasteiger partial charge in [0, 0.05) is 29.1 Å². The van der Waals surface area contributed by atoms with Crippen LogP contribution in [0.5, 0.6) is 11.8 Å². The number of rotatable bonds is 11. The van der Waals surface area contributed by atoms with Crippen LogP contribution in [0.4, 0.5) is 5.69 Å². The van der Waals surface area contributed by atoms with Crippen molar-refractivity contribution >= 4 is 30.8 Å². The number of carbonyl (C=O) groups excluding carboxylic acids is 1. The van der Waals surface area contributed by atoms with E-state index in [-0.39, 0.29) is 24.8 Å². The molecule has 0 bridgehead atoms. The molecule has 3 N–H and O–H groups in total. The number of para-hydroxylation sites is 1. The van der Waals surface area contributed by atoms with Gasteiger partial charge < -0.3 is 24.3 Å². The summed E-state index contributed by atoms with van der Waals surface area (Å²) in [6.07, 6.45) is 1.03. The Morgan fingerprint density at radius 1 is 1.00 bits per heavy atom. The normalized spacial score (nSPS) is 11.8. The van der Waals surface area contributed by atoms with Crippen LogP contribution in [0.2, 0.25) is 5.02 Å². The largest absolute Gasteiger partial charge is 0.413 e. The Bertz CT molecular complexity index is 1450. The van der Waals surface area contributed by atoms with E-state index in [9.17, 15) is 19.1 Å². The molecule has 204 valence electrons. The summed E-state index contributed by atoms with van der Waals surface area (Å²) < 4.78 is 23.9. The SMILES string of the molecule is CCC(CC)(c1ccc(NC(=O)CCc2oc(Oc3ccccc3)nc2-c2ccc(Cl)cc2)cc1)P(=O)(O)O. The standard InChI is InChI=1S/C29H30ClN2O6P/c1-3-29(4-2,39(34,35)36)21-12-16-23(17-13-21)31-26(33)19-18-25-27(20-10-14-22(30)15-11-20)32-28(38-25)37-24-8-6-5-7-9-24/h5-17H,3-4,18-19H2,1-2H3,(H,31,33)(H2,34,35,36). The molecule has 0 radical (unpaired) electrons. The van der Waals surface area contributed by atoms with Gasteiger partial charge in [0.25, 0.3) is 0 Å². The molecule has 0 saturated carbocycles. The van der Waals surface area contributed by atoms with Gasteiger partial charge in [0.1, 0.15) is 17.2 Å². The fourth-order valence-corrected chi connectivity index (χ4v) is 5.95. The predicted molar refractivity (Wildman–Crippen MR) is 151 cm³/mol. The summed E-state index contributed by atoms with van der Waals surface area (Å²) >= 11 is 6.04. The van der Waals surface area contributed by atoms with E-state index >= 15 is 0 Å². The predicted octanol–water partition coefficient (Wildman–Crippen LogP) is 7.55. The van der Waals surface area contributed by atoms with Crippen molar-refractivity contribution in [2.45, 2.75) is 44.7 Å². The Balaban J connectivity index is 1.48. The number of aryl methyl sites for hydroxylation is 1. The molecular formula is C29H30ClN2O6P. The number of oxazole rings is 1. The molecular weight excluding hydrogens is 539 g/mol. The first-order valence-electron chi connectivity index (χ1n) is 12.6. The van der Waals surface area contributed by atoms with Crippen LogP contribution in [-0.4, -0.2) is 20.7 Å². The number of nitrogens with one attached hydrogen (secondary N) is 1. The minimum Gasteiger partial charge on any atom is -0.413 e. The molecule has 0 unspecified atom stereocenters. The third kappa shape index (κ3) is 6.60. The highest BCUT2D eigenvalue weighted by atomic mass is 35.5. The van der Waals surface area contributed by atoms with Crippen LogP contribution in [0.25, 0.3) is 11.3 Å². The Kier molecular flexibility index (Phi) is 8.93. The molecule has 39 heavy (non-hydrogen) atoms. The van der Waals surface area contributed by atoms with E-state index in [0.29, 0.717) is 46.3 Å². The molecule has 1 heterocycles. The summed E-state index contributed by atoms with van der Waals surface area (Å²) in [5.41, 5.74) is 2.40. The quantitative estimate of drug-likeness (QED) is 0.160. The van der Waals surface area contributed by atoms with Gasteiger partial charge in [0.2, 0.25) is 5.91 Å². The number of aromatic nitrogens is 1. The van der Waals surface area contributed by atoms with Crippen LogP contribution in [-0.2, 0) is 20.9 Å². The van der Waals surface area contributed by atoms with Crippen molar-refractivity contribution in [3.8, 4) is 23.1 Å². The maximum Gasteiger partial charge on any atom is 0.399 e. The first-order chi connectivity index (χ1) is 18.6. The fraction of sp³-hybridized carbons (Fsp3) is 0.241. The third-order valence-electron chi connectivity index (χ3n) is 6.76. The number of nitrogens with zero attached hydrogens (tertiary/aromatic N) is 1. The number of anilines is 1. The second kappa shape index (κ2) is 12.2. The average Bonchev–Trinajstić information content (AvgIpc) is 3.32. The van der Waals surface area contributed by atoms with Crippen LogP contribution in [0.1, 0.15) is 44.4 Å². The summed E-state index contributed by atoms with van der Waals surface area (Å²) in [6, 6.07) is 22.9. The Morgan fingerprint density at radius 2 is 1.64 bits per heavy atom.